The van der Waals surface area contributed by atoms with Crippen molar-refractivity contribution in [2.75, 3.05) is 13.2 Å². The van der Waals surface area contributed by atoms with Crippen LogP contribution in [-0.4, -0.2) is 19.1 Å². The summed E-state index contributed by atoms with van der Waals surface area (Å²) >= 11 is 0. The lowest BCUT2D eigenvalue weighted by Gasteiger charge is -2.37. The summed E-state index contributed by atoms with van der Waals surface area (Å²) < 4.78 is 5.66. The van der Waals surface area contributed by atoms with Crippen LogP contribution in [0.1, 0.15) is 44.2 Å². The third kappa shape index (κ3) is 2.74. The SMILES string of the molecule is CC1(CN=C(N)NC2CCOc3ccccc32)CCC1. The first-order valence-corrected chi connectivity index (χ1v) is 7.44. The molecule has 2 aliphatic rings. The van der Waals surface area contributed by atoms with Crippen LogP contribution >= 0.6 is 0 Å². The van der Waals surface area contributed by atoms with Crippen molar-refractivity contribution < 1.29 is 4.74 Å². The number of ether oxygens (including phenoxy) is 1. The second-order valence-electron chi connectivity index (χ2n) is 6.24. The second kappa shape index (κ2) is 5.35. The van der Waals surface area contributed by atoms with Crippen molar-refractivity contribution in [3.8, 4) is 5.75 Å². The summed E-state index contributed by atoms with van der Waals surface area (Å²) in [5.74, 6) is 1.51. The fourth-order valence-electron chi connectivity index (χ4n) is 2.93. The molecule has 0 bridgehead atoms. The minimum absolute atomic E-state index is 0.206. The molecule has 1 aliphatic carbocycles. The van der Waals surface area contributed by atoms with Crippen LogP contribution in [0.15, 0.2) is 29.3 Å². The van der Waals surface area contributed by atoms with Crippen LogP contribution < -0.4 is 15.8 Å². The van der Waals surface area contributed by atoms with Gasteiger partial charge in [0, 0.05) is 18.5 Å². The number of guanidine groups is 1. The van der Waals surface area contributed by atoms with E-state index in [0.29, 0.717) is 11.4 Å². The summed E-state index contributed by atoms with van der Waals surface area (Å²) in [5.41, 5.74) is 7.59. The zero-order valence-electron chi connectivity index (χ0n) is 12.1. The predicted molar refractivity (Wildman–Crippen MR) is 80.9 cm³/mol. The van der Waals surface area contributed by atoms with Gasteiger partial charge in [-0.05, 0) is 24.3 Å². The van der Waals surface area contributed by atoms with Crippen LogP contribution in [-0.2, 0) is 0 Å². The van der Waals surface area contributed by atoms with Gasteiger partial charge in [-0.2, -0.15) is 0 Å². The van der Waals surface area contributed by atoms with E-state index in [2.05, 4.69) is 23.3 Å². The zero-order valence-corrected chi connectivity index (χ0v) is 12.1. The summed E-state index contributed by atoms with van der Waals surface area (Å²) in [7, 11) is 0. The zero-order chi connectivity index (χ0) is 14.0. The molecule has 0 radical (unpaired) electrons. The molecule has 0 spiro atoms. The number of hydrogen-bond acceptors (Lipinski definition) is 2. The van der Waals surface area contributed by atoms with Gasteiger partial charge in [-0.1, -0.05) is 31.5 Å². The Morgan fingerprint density at radius 1 is 1.45 bits per heavy atom. The van der Waals surface area contributed by atoms with E-state index < -0.39 is 0 Å². The highest BCUT2D eigenvalue weighted by Gasteiger charge is 2.31. The van der Waals surface area contributed by atoms with Gasteiger partial charge in [0.2, 0.25) is 0 Å². The van der Waals surface area contributed by atoms with E-state index in [1.165, 1.54) is 24.8 Å². The van der Waals surface area contributed by atoms with Gasteiger partial charge in [0.05, 0.1) is 12.6 Å². The Balaban J connectivity index is 1.64. The average molecular weight is 273 g/mol. The van der Waals surface area contributed by atoms with E-state index in [4.69, 9.17) is 10.5 Å². The van der Waals surface area contributed by atoms with Crippen LogP contribution in [0.4, 0.5) is 0 Å². The van der Waals surface area contributed by atoms with Gasteiger partial charge in [0.1, 0.15) is 5.75 Å². The molecule has 1 aliphatic heterocycles. The lowest BCUT2D eigenvalue weighted by molar-refractivity contribution is 0.173. The summed E-state index contributed by atoms with van der Waals surface area (Å²) in [4.78, 5) is 4.53. The Kier molecular flexibility index (Phi) is 3.55. The van der Waals surface area contributed by atoms with Crippen molar-refractivity contribution >= 4 is 5.96 Å². The highest BCUT2D eigenvalue weighted by atomic mass is 16.5. The lowest BCUT2D eigenvalue weighted by atomic mass is 9.71. The molecule has 3 N–H and O–H groups in total. The molecule has 4 heteroatoms. The van der Waals surface area contributed by atoms with E-state index in [9.17, 15) is 0 Å². The van der Waals surface area contributed by atoms with E-state index in [0.717, 1.165) is 25.3 Å². The Bertz CT molecular complexity index is 508. The first kappa shape index (κ1) is 13.3. The van der Waals surface area contributed by atoms with Gasteiger partial charge in [-0.3, -0.25) is 4.99 Å². The molecule has 1 heterocycles. The van der Waals surface area contributed by atoms with E-state index in [-0.39, 0.29) is 6.04 Å². The molecule has 108 valence electrons. The van der Waals surface area contributed by atoms with Crippen molar-refractivity contribution in [1.82, 2.24) is 5.32 Å². The fourth-order valence-corrected chi connectivity index (χ4v) is 2.93. The summed E-state index contributed by atoms with van der Waals surface area (Å²) in [5, 5.41) is 3.34. The molecular formula is C16H23N3O. The van der Waals surface area contributed by atoms with Crippen LogP contribution in [0.2, 0.25) is 0 Å². The Hall–Kier alpha value is -1.71. The monoisotopic (exact) mass is 273 g/mol. The Morgan fingerprint density at radius 2 is 2.25 bits per heavy atom. The van der Waals surface area contributed by atoms with Gasteiger partial charge in [0.15, 0.2) is 5.96 Å². The average Bonchev–Trinajstić information content (AvgIpc) is 2.43. The van der Waals surface area contributed by atoms with Crippen molar-refractivity contribution in [1.29, 1.82) is 0 Å². The number of hydrogen-bond donors (Lipinski definition) is 2. The van der Waals surface area contributed by atoms with Crippen molar-refractivity contribution in [3.63, 3.8) is 0 Å². The quantitative estimate of drug-likeness (QED) is 0.657. The van der Waals surface area contributed by atoms with Crippen molar-refractivity contribution in [2.24, 2.45) is 16.1 Å². The van der Waals surface area contributed by atoms with Crippen molar-refractivity contribution in [2.45, 2.75) is 38.6 Å². The number of benzene rings is 1. The lowest BCUT2D eigenvalue weighted by Crippen LogP contribution is -2.39. The second-order valence-corrected chi connectivity index (χ2v) is 6.24. The number of nitrogens with two attached hydrogens (primary N) is 1. The summed E-state index contributed by atoms with van der Waals surface area (Å²) in [6.07, 6.45) is 4.78. The molecule has 1 atom stereocenters. The molecule has 1 unspecified atom stereocenters. The molecule has 3 rings (SSSR count). The number of nitrogens with zero attached hydrogens (tertiary/aromatic N) is 1. The number of aliphatic imine (C=N–C) groups is 1. The molecule has 1 aromatic carbocycles. The predicted octanol–water partition coefficient (Wildman–Crippen LogP) is 2.60. The minimum Gasteiger partial charge on any atom is -0.493 e. The minimum atomic E-state index is 0.206. The molecule has 0 amide bonds. The maximum Gasteiger partial charge on any atom is 0.189 e. The molecule has 0 aromatic heterocycles. The van der Waals surface area contributed by atoms with Gasteiger partial charge in [0.25, 0.3) is 0 Å². The van der Waals surface area contributed by atoms with Crippen LogP contribution in [0.3, 0.4) is 0 Å². The maximum atomic E-state index is 6.05. The van der Waals surface area contributed by atoms with Gasteiger partial charge >= 0.3 is 0 Å². The van der Waals surface area contributed by atoms with Gasteiger partial charge < -0.3 is 15.8 Å². The highest BCUT2D eigenvalue weighted by Crippen LogP contribution is 2.40. The Labute approximate surface area is 120 Å². The molecule has 20 heavy (non-hydrogen) atoms. The van der Waals surface area contributed by atoms with Gasteiger partial charge in [-0.25, -0.2) is 0 Å². The normalized spacial score (nSPS) is 24.2. The Morgan fingerprint density at radius 3 is 3.00 bits per heavy atom. The van der Waals surface area contributed by atoms with E-state index in [1.807, 2.05) is 18.2 Å². The highest BCUT2D eigenvalue weighted by molar-refractivity contribution is 5.78. The van der Waals surface area contributed by atoms with Crippen LogP contribution in [0.5, 0.6) is 5.75 Å². The van der Waals surface area contributed by atoms with E-state index in [1.54, 1.807) is 0 Å². The number of para-hydroxylation sites is 1. The molecule has 1 aromatic rings. The van der Waals surface area contributed by atoms with Crippen LogP contribution in [0, 0.1) is 5.41 Å². The number of fused-ring (bicyclic) bond motifs is 1. The largest absolute Gasteiger partial charge is 0.493 e. The standard InChI is InChI=1S/C16H23N3O/c1-16(8-4-9-16)11-18-15(17)19-13-7-10-20-14-6-3-2-5-12(13)14/h2-3,5-6,13H,4,7-11H2,1H3,(H3,17,18,19). The molecular weight excluding hydrogens is 250 g/mol. The summed E-state index contributed by atoms with van der Waals surface area (Å²) in [6, 6.07) is 8.33. The maximum absolute atomic E-state index is 6.05. The molecule has 4 nitrogen and oxygen atoms in total. The third-order valence-corrected chi connectivity index (χ3v) is 4.47. The first-order chi connectivity index (χ1) is 9.66. The number of nitrogens with one attached hydrogen (secondary N) is 1. The molecule has 1 saturated carbocycles. The third-order valence-electron chi connectivity index (χ3n) is 4.47. The van der Waals surface area contributed by atoms with E-state index >= 15 is 0 Å². The molecule has 1 fully saturated rings. The summed E-state index contributed by atoms with van der Waals surface area (Å²) in [6.45, 7) is 3.84. The van der Waals surface area contributed by atoms with Gasteiger partial charge in [-0.15, -0.1) is 0 Å². The van der Waals surface area contributed by atoms with Crippen LogP contribution in [0.25, 0.3) is 0 Å². The van der Waals surface area contributed by atoms with Crippen molar-refractivity contribution in [3.05, 3.63) is 29.8 Å². The first-order valence-electron chi connectivity index (χ1n) is 7.44. The number of rotatable bonds is 3. The smallest absolute Gasteiger partial charge is 0.189 e. The fraction of sp³-hybridized carbons (Fsp3) is 0.562. The molecule has 0 saturated heterocycles. The topological polar surface area (TPSA) is 59.6 Å².